The van der Waals surface area contributed by atoms with Gasteiger partial charge in [0.15, 0.2) is 0 Å². The van der Waals surface area contributed by atoms with Crippen molar-refractivity contribution in [2.45, 2.75) is 53.2 Å². The van der Waals surface area contributed by atoms with E-state index in [9.17, 15) is 0 Å². The molecule has 0 fully saturated rings. The van der Waals surface area contributed by atoms with Crippen molar-refractivity contribution in [3.05, 3.63) is 42.5 Å². The molecule has 2 nitrogen and oxygen atoms in total. The number of hydrogen-bond donors (Lipinski definition) is 2. The fourth-order valence-corrected chi connectivity index (χ4v) is 2.34. The molecule has 0 aliphatic carbocycles. The summed E-state index contributed by atoms with van der Waals surface area (Å²) in [5.41, 5.74) is 1.97. The number of para-hydroxylation sites is 1. The summed E-state index contributed by atoms with van der Waals surface area (Å²) in [6.45, 7) is 17.4. The molecule has 1 aromatic carbocycles. The second-order valence-electron chi connectivity index (χ2n) is 6.64. The molecule has 1 unspecified atom stereocenters. The van der Waals surface area contributed by atoms with Gasteiger partial charge in [-0.3, -0.25) is 5.32 Å². The quantitative estimate of drug-likeness (QED) is 0.605. The maximum Gasteiger partial charge on any atom is 0.108 e. The fourth-order valence-electron chi connectivity index (χ4n) is 2.34. The van der Waals surface area contributed by atoms with Gasteiger partial charge in [0.1, 0.15) is 5.66 Å². The highest BCUT2D eigenvalue weighted by Crippen LogP contribution is 2.33. The van der Waals surface area contributed by atoms with Crippen LogP contribution in [-0.2, 0) is 0 Å². The molecule has 0 bridgehead atoms. The normalized spacial score (nSPS) is 15.1. The van der Waals surface area contributed by atoms with E-state index in [1.54, 1.807) is 0 Å². The number of anilines is 1. The lowest BCUT2D eigenvalue weighted by atomic mass is 9.79. The maximum atomic E-state index is 4.32. The van der Waals surface area contributed by atoms with Crippen LogP contribution in [-0.4, -0.2) is 11.7 Å². The first-order valence-electron chi connectivity index (χ1n) is 6.96. The Morgan fingerprint density at radius 1 is 1.05 bits per heavy atom. The van der Waals surface area contributed by atoms with E-state index in [1.165, 1.54) is 0 Å². The molecule has 1 aromatic rings. The van der Waals surface area contributed by atoms with Gasteiger partial charge < -0.3 is 5.32 Å². The Labute approximate surface area is 118 Å². The fraction of sp³-hybridized carbons (Fsp3) is 0.529. The van der Waals surface area contributed by atoms with E-state index in [4.69, 9.17) is 0 Å². The van der Waals surface area contributed by atoms with Gasteiger partial charge in [-0.25, -0.2) is 0 Å². The Morgan fingerprint density at radius 2 is 1.58 bits per heavy atom. The molecule has 19 heavy (non-hydrogen) atoms. The average Bonchev–Trinajstić information content (AvgIpc) is 2.27. The lowest BCUT2D eigenvalue weighted by Crippen LogP contribution is -2.55. The second-order valence-corrected chi connectivity index (χ2v) is 6.64. The van der Waals surface area contributed by atoms with Crippen molar-refractivity contribution < 1.29 is 0 Å². The number of nitrogens with one attached hydrogen (secondary N) is 2. The van der Waals surface area contributed by atoms with Gasteiger partial charge in [-0.1, -0.05) is 45.5 Å². The second kappa shape index (κ2) is 5.79. The third-order valence-corrected chi connectivity index (χ3v) is 3.25. The van der Waals surface area contributed by atoms with Crippen LogP contribution in [0, 0.1) is 5.41 Å². The minimum atomic E-state index is -0.326. The summed E-state index contributed by atoms with van der Waals surface area (Å²) in [6.07, 6.45) is 0. The van der Waals surface area contributed by atoms with E-state index in [0.29, 0.717) is 6.04 Å². The van der Waals surface area contributed by atoms with Crippen LogP contribution in [0.4, 0.5) is 5.69 Å². The minimum absolute atomic E-state index is 0.0401. The summed E-state index contributed by atoms with van der Waals surface area (Å²) in [6, 6.07) is 10.6. The molecule has 106 valence electrons. The molecule has 0 saturated heterocycles. The molecule has 0 saturated carbocycles. The summed E-state index contributed by atoms with van der Waals surface area (Å²) in [5, 5.41) is 7.18. The van der Waals surface area contributed by atoms with Crippen molar-refractivity contribution in [2.75, 3.05) is 5.32 Å². The van der Waals surface area contributed by atoms with E-state index in [1.807, 2.05) is 18.2 Å². The molecule has 1 atom stereocenters. The van der Waals surface area contributed by atoms with Crippen LogP contribution >= 0.6 is 0 Å². The highest BCUT2D eigenvalue weighted by atomic mass is 15.2. The zero-order chi connectivity index (χ0) is 14.7. The summed E-state index contributed by atoms with van der Waals surface area (Å²) in [4.78, 5) is 0. The largest absolute Gasteiger partial charge is 0.364 e. The molecule has 2 heteroatoms. The molecule has 0 spiro atoms. The van der Waals surface area contributed by atoms with Crippen molar-refractivity contribution in [2.24, 2.45) is 5.41 Å². The number of benzene rings is 1. The predicted octanol–water partition coefficient (Wildman–Crippen LogP) is 4.42. The first-order valence-corrected chi connectivity index (χ1v) is 6.96. The number of rotatable bonds is 5. The Bertz CT molecular complexity index is 415. The van der Waals surface area contributed by atoms with Gasteiger partial charge in [0, 0.05) is 11.7 Å². The first kappa shape index (κ1) is 15.8. The maximum absolute atomic E-state index is 4.32. The van der Waals surface area contributed by atoms with E-state index >= 15 is 0 Å². The summed E-state index contributed by atoms with van der Waals surface area (Å²) in [7, 11) is 0. The van der Waals surface area contributed by atoms with Crippen molar-refractivity contribution >= 4 is 5.69 Å². The molecule has 0 amide bonds. The molecule has 0 radical (unpaired) electrons. The van der Waals surface area contributed by atoms with Crippen LogP contribution in [0.25, 0.3) is 0 Å². The van der Waals surface area contributed by atoms with E-state index in [-0.39, 0.29) is 11.1 Å². The van der Waals surface area contributed by atoms with Crippen LogP contribution in [0.5, 0.6) is 0 Å². The van der Waals surface area contributed by atoms with Gasteiger partial charge in [0.05, 0.1) is 0 Å². The predicted molar refractivity (Wildman–Crippen MR) is 85.3 cm³/mol. The Morgan fingerprint density at radius 3 is 2.00 bits per heavy atom. The molecule has 0 heterocycles. The topological polar surface area (TPSA) is 24.1 Å². The average molecular weight is 260 g/mol. The monoisotopic (exact) mass is 260 g/mol. The van der Waals surface area contributed by atoms with Crippen molar-refractivity contribution in [3.8, 4) is 0 Å². The van der Waals surface area contributed by atoms with E-state index in [2.05, 4.69) is 70.9 Å². The number of hydrogen-bond acceptors (Lipinski definition) is 2. The Hall–Kier alpha value is -1.28. The Balaban J connectivity index is 3.03. The van der Waals surface area contributed by atoms with Crippen molar-refractivity contribution in [1.29, 1.82) is 0 Å². The lowest BCUT2D eigenvalue weighted by molar-refractivity contribution is 0.344. The van der Waals surface area contributed by atoms with Gasteiger partial charge in [-0.15, -0.1) is 0 Å². The third kappa shape index (κ3) is 4.39. The molecule has 0 aromatic heterocycles. The Kier molecular flexibility index (Phi) is 4.81. The van der Waals surface area contributed by atoms with Crippen molar-refractivity contribution in [1.82, 2.24) is 5.32 Å². The lowest BCUT2D eigenvalue weighted by Gasteiger charge is -2.42. The minimum Gasteiger partial charge on any atom is -0.364 e. The SMILES string of the molecule is C=C(C(C)(C)C)C(C)(Nc1ccccc1)NC(C)C. The standard InChI is InChI=1S/C17H28N2/c1-13(2)18-17(7,14(3)16(4,5)6)19-15-11-9-8-10-12-15/h8-13,18-19H,3H2,1-2,4-7H3. The van der Waals surface area contributed by atoms with Crippen LogP contribution < -0.4 is 10.6 Å². The molecular weight excluding hydrogens is 232 g/mol. The molecule has 0 aliphatic rings. The van der Waals surface area contributed by atoms with Gasteiger partial charge in [0.2, 0.25) is 0 Å². The molecule has 1 rings (SSSR count). The van der Waals surface area contributed by atoms with Crippen LogP contribution in [0.3, 0.4) is 0 Å². The highest BCUT2D eigenvalue weighted by molar-refractivity contribution is 5.48. The van der Waals surface area contributed by atoms with E-state index in [0.717, 1.165) is 11.3 Å². The van der Waals surface area contributed by atoms with Crippen LogP contribution in [0.15, 0.2) is 42.5 Å². The summed E-state index contributed by atoms with van der Waals surface area (Å²) < 4.78 is 0. The van der Waals surface area contributed by atoms with Gasteiger partial charge in [0.25, 0.3) is 0 Å². The zero-order valence-electron chi connectivity index (χ0n) is 13.2. The molecule has 0 aliphatic heterocycles. The van der Waals surface area contributed by atoms with Gasteiger partial charge >= 0.3 is 0 Å². The van der Waals surface area contributed by atoms with Crippen molar-refractivity contribution in [3.63, 3.8) is 0 Å². The van der Waals surface area contributed by atoms with Crippen LogP contribution in [0.2, 0.25) is 0 Å². The molecular formula is C17H28N2. The highest BCUT2D eigenvalue weighted by Gasteiger charge is 2.34. The smallest absolute Gasteiger partial charge is 0.108 e. The first-order chi connectivity index (χ1) is 8.65. The van der Waals surface area contributed by atoms with Gasteiger partial charge in [-0.05, 0) is 43.9 Å². The van der Waals surface area contributed by atoms with E-state index < -0.39 is 0 Å². The molecule has 2 N–H and O–H groups in total. The summed E-state index contributed by atoms with van der Waals surface area (Å²) in [5.74, 6) is 0. The third-order valence-electron chi connectivity index (χ3n) is 3.25. The zero-order valence-corrected chi connectivity index (χ0v) is 13.2. The van der Waals surface area contributed by atoms with Crippen LogP contribution in [0.1, 0.15) is 41.5 Å². The summed E-state index contributed by atoms with van der Waals surface area (Å²) >= 11 is 0. The van der Waals surface area contributed by atoms with Gasteiger partial charge in [-0.2, -0.15) is 0 Å².